The Morgan fingerprint density at radius 2 is 2.00 bits per heavy atom. The van der Waals surface area contributed by atoms with Crippen LogP contribution in [0.1, 0.15) is 38.2 Å². The van der Waals surface area contributed by atoms with Gasteiger partial charge in [0.25, 0.3) is 0 Å². The standard InChI is InChI=1S/C17H23F2NO/c1-13(20-15-5-3-2-4-6-15)7-8-14-9-11-16(12-10-14)21-17(18)19/h2-3,9-13,15,17,20H,4-8H2,1H3. The van der Waals surface area contributed by atoms with Crippen molar-refractivity contribution in [3.05, 3.63) is 42.0 Å². The summed E-state index contributed by atoms with van der Waals surface area (Å²) < 4.78 is 28.5. The fraction of sp³-hybridized carbons (Fsp3) is 0.529. The lowest BCUT2D eigenvalue weighted by Crippen LogP contribution is -2.37. The Kier molecular flexibility index (Phi) is 6.18. The molecule has 2 nitrogen and oxygen atoms in total. The van der Waals surface area contributed by atoms with Crippen molar-refractivity contribution in [1.29, 1.82) is 0 Å². The van der Waals surface area contributed by atoms with E-state index in [4.69, 9.17) is 0 Å². The lowest BCUT2D eigenvalue weighted by molar-refractivity contribution is -0.0498. The van der Waals surface area contributed by atoms with Crippen LogP contribution in [0.25, 0.3) is 0 Å². The molecule has 0 spiro atoms. The van der Waals surface area contributed by atoms with Gasteiger partial charge in [-0.15, -0.1) is 0 Å². The average molecular weight is 295 g/mol. The van der Waals surface area contributed by atoms with Gasteiger partial charge in [0.1, 0.15) is 5.75 Å². The Morgan fingerprint density at radius 3 is 2.62 bits per heavy atom. The molecule has 2 rings (SSSR count). The number of hydrogen-bond donors (Lipinski definition) is 1. The van der Waals surface area contributed by atoms with Crippen molar-refractivity contribution >= 4 is 0 Å². The number of benzene rings is 1. The zero-order chi connectivity index (χ0) is 15.1. The number of hydrogen-bond acceptors (Lipinski definition) is 2. The molecule has 0 heterocycles. The SMILES string of the molecule is CC(CCc1ccc(OC(F)F)cc1)NC1CC=CCC1. The second kappa shape index (κ2) is 8.13. The molecule has 116 valence electrons. The number of allylic oxidation sites excluding steroid dienone is 1. The molecule has 0 radical (unpaired) electrons. The molecule has 0 saturated heterocycles. The molecule has 0 aliphatic heterocycles. The Morgan fingerprint density at radius 1 is 1.24 bits per heavy atom. The average Bonchev–Trinajstić information content (AvgIpc) is 2.47. The highest BCUT2D eigenvalue weighted by Gasteiger charge is 2.12. The summed E-state index contributed by atoms with van der Waals surface area (Å²) >= 11 is 0. The number of alkyl halides is 2. The van der Waals surface area contributed by atoms with Crippen LogP contribution in [0.5, 0.6) is 5.75 Å². The molecule has 1 N–H and O–H groups in total. The molecule has 1 aromatic carbocycles. The maximum Gasteiger partial charge on any atom is 0.387 e. The second-order valence-electron chi connectivity index (χ2n) is 5.61. The summed E-state index contributed by atoms with van der Waals surface area (Å²) in [6, 6.07) is 7.96. The molecule has 0 aromatic heterocycles. The maximum atomic E-state index is 12.1. The van der Waals surface area contributed by atoms with Gasteiger partial charge in [0.05, 0.1) is 0 Å². The minimum absolute atomic E-state index is 0.217. The summed E-state index contributed by atoms with van der Waals surface area (Å²) in [4.78, 5) is 0. The maximum absolute atomic E-state index is 12.1. The minimum atomic E-state index is -2.76. The molecule has 0 amide bonds. The predicted octanol–water partition coefficient (Wildman–Crippen LogP) is 4.31. The first-order valence-electron chi connectivity index (χ1n) is 7.58. The normalized spacial score (nSPS) is 19.7. The summed E-state index contributed by atoms with van der Waals surface area (Å²) in [5.41, 5.74) is 1.15. The molecule has 2 unspecified atom stereocenters. The van der Waals surface area contributed by atoms with E-state index in [1.807, 2.05) is 12.1 Å². The minimum Gasteiger partial charge on any atom is -0.435 e. The zero-order valence-electron chi connectivity index (χ0n) is 12.4. The van der Waals surface area contributed by atoms with E-state index >= 15 is 0 Å². The first-order valence-corrected chi connectivity index (χ1v) is 7.58. The van der Waals surface area contributed by atoms with Crippen molar-refractivity contribution in [2.24, 2.45) is 0 Å². The Balaban J connectivity index is 1.73. The van der Waals surface area contributed by atoms with Crippen LogP contribution >= 0.6 is 0 Å². The van der Waals surface area contributed by atoms with Crippen LogP contribution in [0, 0.1) is 0 Å². The van der Waals surface area contributed by atoms with E-state index < -0.39 is 6.61 Å². The van der Waals surface area contributed by atoms with E-state index in [-0.39, 0.29) is 5.75 Å². The van der Waals surface area contributed by atoms with Gasteiger partial charge in [-0.2, -0.15) is 8.78 Å². The lowest BCUT2D eigenvalue weighted by atomic mass is 9.99. The van der Waals surface area contributed by atoms with Crippen LogP contribution in [0.4, 0.5) is 8.78 Å². The van der Waals surface area contributed by atoms with Crippen molar-refractivity contribution in [3.8, 4) is 5.75 Å². The van der Waals surface area contributed by atoms with E-state index in [2.05, 4.69) is 29.1 Å². The van der Waals surface area contributed by atoms with Crippen molar-refractivity contribution in [1.82, 2.24) is 5.32 Å². The van der Waals surface area contributed by atoms with E-state index in [0.29, 0.717) is 12.1 Å². The molecule has 0 fully saturated rings. The van der Waals surface area contributed by atoms with E-state index in [0.717, 1.165) is 31.2 Å². The monoisotopic (exact) mass is 295 g/mol. The molecule has 0 bridgehead atoms. The molecule has 4 heteroatoms. The number of rotatable bonds is 7. The first kappa shape index (κ1) is 16.0. The second-order valence-corrected chi connectivity index (χ2v) is 5.61. The summed E-state index contributed by atoms with van der Waals surface area (Å²) in [6.45, 7) is -0.559. The van der Waals surface area contributed by atoms with Crippen molar-refractivity contribution in [2.45, 2.75) is 57.7 Å². The summed E-state index contributed by atoms with van der Waals surface area (Å²) in [5.74, 6) is 0.217. The Labute approximate surface area is 125 Å². The van der Waals surface area contributed by atoms with Crippen molar-refractivity contribution in [2.75, 3.05) is 0 Å². The van der Waals surface area contributed by atoms with E-state index in [1.165, 1.54) is 6.42 Å². The highest BCUT2D eigenvalue weighted by Crippen LogP contribution is 2.17. The van der Waals surface area contributed by atoms with Gasteiger partial charge in [0.2, 0.25) is 0 Å². The molecule has 1 aromatic rings. The number of nitrogens with one attached hydrogen (secondary N) is 1. The first-order chi connectivity index (χ1) is 10.1. The highest BCUT2D eigenvalue weighted by molar-refractivity contribution is 5.27. The van der Waals surface area contributed by atoms with Gasteiger partial charge in [-0.1, -0.05) is 24.3 Å². The van der Waals surface area contributed by atoms with Crippen LogP contribution in [0.15, 0.2) is 36.4 Å². The van der Waals surface area contributed by atoms with Gasteiger partial charge < -0.3 is 10.1 Å². The third kappa shape index (κ3) is 5.84. The van der Waals surface area contributed by atoms with Crippen LogP contribution in [0.2, 0.25) is 0 Å². The quantitative estimate of drug-likeness (QED) is 0.757. The van der Waals surface area contributed by atoms with Crippen LogP contribution in [0.3, 0.4) is 0 Å². The number of halogens is 2. The summed E-state index contributed by atoms with van der Waals surface area (Å²) in [7, 11) is 0. The van der Waals surface area contributed by atoms with Gasteiger partial charge in [0.15, 0.2) is 0 Å². The van der Waals surface area contributed by atoms with Crippen LogP contribution in [-0.2, 0) is 6.42 Å². The molecule has 2 atom stereocenters. The molecular weight excluding hydrogens is 272 g/mol. The fourth-order valence-corrected chi connectivity index (χ4v) is 2.65. The van der Waals surface area contributed by atoms with Crippen LogP contribution in [-0.4, -0.2) is 18.7 Å². The van der Waals surface area contributed by atoms with Gasteiger partial charge >= 0.3 is 6.61 Å². The summed E-state index contributed by atoms with van der Waals surface area (Å²) in [6.07, 6.45) is 9.95. The van der Waals surface area contributed by atoms with Crippen LogP contribution < -0.4 is 10.1 Å². The molecule has 21 heavy (non-hydrogen) atoms. The molecule has 0 saturated carbocycles. The molecular formula is C17H23F2NO. The topological polar surface area (TPSA) is 21.3 Å². The number of ether oxygens (including phenoxy) is 1. The third-order valence-electron chi connectivity index (χ3n) is 3.80. The van der Waals surface area contributed by atoms with E-state index in [9.17, 15) is 8.78 Å². The number of aryl methyl sites for hydroxylation is 1. The largest absolute Gasteiger partial charge is 0.435 e. The van der Waals surface area contributed by atoms with Crippen molar-refractivity contribution in [3.63, 3.8) is 0 Å². The Bertz CT molecular complexity index is 445. The highest BCUT2D eigenvalue weighted by atomic mass is 19.3. The smallest absolute Gasteiger partial charge is 0.387 e. The third-order valence-corrected chi connectivity index (χ3v) is 3.80. The van der Waals surface area contributed by atoms with Gasteiger partial charge in [-0.05, 0) is 56.7 Å². The molecule has 1 aliphatic rings. The van der Waals surface area contributed by atoms with Gasteiger partial charge in [0, 0.05) is 12.1 Å². The fourth-order valence-electron chi connectivity index (χ4n) is 2.65. The van der Waals surface area contributed by atoms with Gasteiger partial charge in [-0.3, -0.25) is 0 Å². The lowest BCUT2D eigenvalue weighted by Gasteiger charge is -2.24. The summed E-state index contributed by atoms with van der Waals surface area (Å²) in [5, 5.41) is 3.65. The Hall–Kier alpha value is -1.42. The van der Waals surface area contributed by atoms with Crippen molar-refractivity contribution < 1.29 is 13.5 Å². The zero-order valence-corrected chi connectivity index (χ0v) is 12.4. The predicted molar refractivity (Wildman–Crippen MR) is 80.8 cm³/mol. The molecule has 1 aliphatic carbocycles. The van der Waals surface area contributed by atoms with Gasteiger partial charge in [-0.25, -0.2) is 0 Å². The van der Waals surface area contributed by atoms with E-state index in [1.54, 1.807) is 12.1 Å².